The van der Waals surface area contributed by atoms with Gasteiger partial charge in [0, 0.05) is 12.2 Å². The van der Waals surface area contributed by atoms with E-state index in [4.69, 9.17) is 10.4 Å². The van der Waals surface area contributed by atoms with Crippen LogP contribution < -0.4 is 0 Å². The fourth-order valence-corrected chi connectivity index (χ4v) is 1.37. The SMILES string of the molecule is CC(C)N(CC(=O)O)C(=O)c1ccc(C#N)cn1. The molecule has 0 fully saturated rings. The van der Waals surface area contributed by atoms with Crippen LogP contribution in [0.25, 0.3) is 0 Å². The summed E-state index contributed by atoms with van der Waals surface area (Å²) in [6, 6.07) is 4.54. The number of hydrogen-bond donors (Lipinski definition) is 1. The zero-order valence-corrected chi connectivity index (χ0v) is 10.1. The van der Waals surface area contributed by atoms with E-state index in [2.05, 4.69) is 4.98 Å². The maximum atomic E-state index is 12.0. The third-order valence-corrected chi connectivity index (χ3v) is 2.30. The van der Waals surface area contributed by atoms with Crippen molar-refractivity contribution < 1.29 is 14.7 Å². The summed E-state index contributed by atoms with van der Waals surface area (Å²) in [6.45, 7) is 3.08. The molecule has 1 rings (SSSR count). The molecule has 1 amide bonds. The van der Waals surface area contributed by atoms with Crippen LogP contribution in [0.2, 0.25) is 0 Å². The zero-order chi connectivity index (χ0) is 13.7. The van der Waals surface area contributed by atoms with Gasteiger partial charge in [-0.1, -0.05) is 0 Å². The fourth-order valence-electron chi connectivity index (χ4n) is 1.37. The summed E-state index contributed by atoms with van der Waals surface area (Å²) < 4.78 is 0. The Balaban J connectivity index is 2.95. The van der Waals surface area contributed by atoms with Crippen LogP contribution in [-0.4, -0.2) is 39.5 Å². The molecular weight excluding hydrogens is 234 g/mol. The van der Waals surface area contributed by atoms with Gasteiger partial charge in [-0.15, -0.1) is 0 Å². The van der Waals surface area contributed by atoms with E-state index in [0.29, 0.717) is 5.56 Å². The van der Waals surface area contributed by atoms with Crippen molar-refractivity contribution in [3.63, 3.8) is 0 Å². The largest absolute Gasteiger partial charge is 0.480 e. The first kappa shape index (κ1) is 13.6. The molecule has 94 valence electrons. The minimum Gasteiger partial charge on any atom is -0.480 e. The van der Waals surface area contributed by atoms with Crippen LogP contribution in [0.3, 0.4) is 0 Å². The normalized spacial score (nSPS) is 9.89. The number of carboxylic acid groups (broad SMARTS) is 1. The summed E-state index contributed by atoms with van der Waals surface area (Å²) >= 11 is 0. The van der Waals surface area contributed by atoms with E-state index in [1.807, 2.05) is 6.07 Å². The van der Waals surface area contributed by atoms with E-state index >= 15 is 0 Å². The summed E-state index contributed by atoms with van der Waals surface area (Å²) in [6.07, 6.45) is 1.28. The van der Waals surface area contributed by atoms with Gasteiger partial charge in [0.05, 0.1) is 5.56 Å². The maximum absolute atomic E-state index is 12.0. The average molecular weight is 247 g/mol. The topological polar surface area (TPSA) is 94.3 Å². The number of hydrogen-bond acceptors (Lipinski definition) is 4. The molecule has 6 heteroatoms. The quantitative estimate of drug-likeness (QED) is 0.852. The minimum atomic E-state index is -1.08. The smallest absolute Gasteiger partial charge is 0.323 e. The molecular formula is C12H13N3O3. The molecule has 0 bridgehead atoms. The Morgan fingerprint density at radius 2 is 2.17 bits per heavy atom. The average Bonchev–Trinajstić information content (AvgIpc) is 2.34. The molecule has 0 aliphatic carbocycles. The van der Waals surface area contributed by atoms with Gasteiger partial charge in [0.15, 0.2) is 0 Å². The Hall–Kier alpha value is -2.42. The van der Waals surface area contributed by atoms with Crippen molar-refractivity contribution in [2.75, 3.05) is 6.54 Å². The summed E-state index contributed by atoms with van der Waals surface area (Å²) in [5.41, 5.74) is 0.477. The van der Waals surface area contributed by atoms with Gasteiger partial charge in [-0.2, -0.15) is 5.26 Å². The van der Waals surface area contributed by atoms with Crippen LogP contribution in [0.5, 0.6) is 0 Å². The second-order valence-electron chi connectivity index (χ2n) is 3.96. The van der Waals surface area contributed by atoms with Gasteiger partial charge in [0.2, 0.25) is 0 Å². The number of carbonyl (C=O) groups excluding carboxylic acids is 1. The number of rotatable bonds is 4. The van der Waals surface area contributed by atoms with Crippen molar-refractivity contribution in [2.24, 2.45) is 0 Å². The lowest BCUT2D eigenvalue weighted by molar-refractivity contribution is -0.138. The molecule has 0 aliphatic heterocycles. The van der Waals surface area contributed by atoms with E-state index < -0.39 is 11.9 Å². The number of aliphatic carboxylic acids is 1. The van der Waals surface area contributed by atoms with E-state index in [9.17, 15) is 9.59 Å². The van der Waals surface area contributed by atoms with Gasteiger partial charge in [-0.25, -0.2) is 4.98 Å². The molecule has 0 atom stereocenters. The maximum Gasteiger partial charge on any atom is 0.323 e. The highest BCUT2D eigenvalue weighted by atomic mass is 16.4. The minimum absolute atomic E-state index is 0.129. The van der Waals surface area contributed by atoms with Gasteiger partial charge < -0.3 is 10.0 Å². The molecule has 6 nitrogen and oxygen atoms in total. The number of pyridine rings is 1. The molecule has 0 saturated heterocycles. The Labute approximate surface area is 104 Å². The zero-order valence-electron chi connectivity index (χ0n) is 10.1. The molecule has 0 unspecified atom stereocenters. The first-order valence-corrected chi connectivity index (χ1v) is 5.34. The highest BCUT2D eigenvalue weighted by Gasteiger charge is 2.22. The standard InChI is InChI=1S/C12H13N3O3/c1-8(2)15(7-11(16)17)12(18)10-4-3-9(5-13)6-14-10/h3-4,6,8H,7H2,1-2H3,(H,16,17). The van der Waals surface area contributed by atoms with Crippen molar-refractivity contribution in [1.82, 2.24) is 9.88 Å². The summed E-state index contributed by atoms with van der Waals surface area (Å²) in [4.78, 5) is 27.8. The van der Waals surface area contributed by atoms with Crippen molar-refractivity contribution in [2.45, 2.75) is 19.9 Å². The Kier molecular flexibility index (Phi) is 4.38. The fraction of sp³-hybridized carbons (Fsp3) is 0.333. The molecule has 0 spiro atoms. The van der Waals surface area contributed by atoms with Crippen molar-refractivity contribution in [3.05, 3.63) is 29.6 Å². The molecule has 1 aromatic rings. The molecule has 18 heavy (non-hydrogen) atoms. The van der Waals surface area contributed by atoms with E-state index in [0.717, 1.165) is 0 Å². The molecule has 0 aromatic carbocycles. The van der Waals surface area contributed by atoms with Gasteiger partial charge in [-0.05, 0) is 26.0 Å². The van der Waals surface area contributed by atoms with Crippen molar-refractivity contribution in [1.29, 1.82) is 5.26 Å². The number of nitriles is 1. The van der Waals surface area contributed by atoms with Gasteiger partial charge in [0.25, 0.3) is 5.91 Å². The Morgan fingerprint density at radius 1 is 1.50 bits per heavy atom. The number of carboxylic acids is 1. The van der Waals surface area contributed by atoms with Gasteiger partial charge in [-0.3, -0.25) is 9.59 Å². The molecule has 0 radical (unpaired) electrons. The van der Waals surface area contributed by atoms with Crippen LogP contribution in [0.15, 0.2) is 18.3 Å². The first-order chi connectivity index (χ1) is 8.45. The van der Waals surface area contributed by atoms with E-state index in [1.54, 1.807) is 13.8 Å². The lowest BCUT2D eigenvalue weighted by Crippen LogP contribution is -2.41. The van der Waals surface area contributed by atoms with Crippen LogP contribution in [0.1, 0.15) is 29.9 Å². The van der Waals surface area contributed by atoms with E-state index in [1.165, 1.54) is 23.2 Å². The number of aromatic nitrogens is 1. The van der Waals surface area contributed by atoms with Gasteiger partial charge >= 0.3 is 5.97 Å². The highest BCUT2D eigenvalue weighted by molar-refractivity contribution is 5.94. The second-order valence-corrected chi connectivity index (χ2v) is 3.96. The summed E-state index contributed by atoms with van der Waals surface area (Å²) in [5.74, 6) is -1.54. The number of amides is 1. The predicted octanol–water partition coefficient (Wildman–Crippen LogP) is 0.888. The van der Waals surface area contributed by atoms with E-state index in [-0.39, 0.29) is 18.3 Å². The van der Waals surface area contributed by atoms with Crippen LogP contribution in [0.4, 0.5) is 0 Å². The van der Waals surface area contributed by atoms with Crippen molar-refractivity contribution in [3.8, 4) is 6.07 Å². The molecule has 0 aliphatic rings. The summed E-state index contributed by atoms with van der Waals surface area (Å²) in [5, 5.41) is 17.4. The Morgan fingerprint density at radius 3 is 2.56 bits per heavy atom. The summed E-state index contributed by atoms with van der Waals surface area (Å²) in [7, 11) is 0. The second kappa shape index (κ2) is 5.77. The van der Waals surface area contributed by atoms with Gasteiger partial charge in [0.1, 0.15) is 18.3 Å². The predicted molar refractivity (Wildman–Crippen MR) is 62.8 cm³/mol. The lowest BCUT2D eigenvalue weighted by Gasteiger charge is -2.24. The third-order valence-electron chi connectivity index (χ3n) is 2.30. The monoisotopic (exact) mass is 247 g/mol. The number of nitrogens with zero attached hydrogens (tertiary/aromatic N) is 3. The highest BCUT2D eigenvalue weighted by Crippen LogP contribution is 2.07. The number of carbonyl (C=O) groups is 2. The Bertz CT molecular complexity index is 488. The van der Waals surface area contributed by atoms with Crippen molar-refractivity contribution >= 4 is 11.9 Å². The lowest BCUT2D eigenvalue weighted by atomic mass is 10.2. The molecule has 0 saturated carbocycles. The third kappa shape index (κ3) is 3.28. The van der Waals surface area contributed by atoms with Crippen LogP contribution in [0, 0.1) is 11.3 Å². The van der Waals surface area contributed by atoms with Crippen LogP contribution in [-0.2, 0) is 4.79 Å². The molecule has 1 heterocycles. The van der Waals surface area contributed by atoms with Crippen LogP contribution >= 0.6 is 0 Å². The first-order valence-electron chi connectivity index (χ1n) is 5.34. The molecule has 1 N–H and O–H groups in total. The molecule has 1 aromatic heterocycles.